The number of piperidine rings is 1. The van der Waals surface area contributed by atoms with Crippen molar-refractivity contribution in [2.75, 3.05) is 25.0 Å². The lowest BCUT2D eigenvalue weighted by molar-refractivity contribution is -0.153. The molecule has 3 rings (SSSR count). The number of amides is 1. The van der Waals surface area contributed by atoms with Crippen LogP contribution < -0.4 is 27.0 Å². The Balaban J connectivity index is 1.87. The summed E-state index contributed by atoms with van der Waals surface area (Å²) >= 11 is 0. The SMILES string of the molecule is CC1CNc2c(cccc2S(=O)(=O)N[C@@H](CCCN=C(N)NN)C(=O)N2CC[C@@H](C)C[C@H]2C(=O)O)C1. The summed E-state index contributed by atoms with van der Waals surface area (Å²) in [5, 5.41) is 12.9. The van der Waals surface area contributed by atoms with E-state index in [2.05, 4.69) is 27.4 Å². The van der Waals surface area contributed by atoms with Gasteiger partial charge in [-0.25, -0.2) is 19.1 Å². The highest BCUT2D eigenvalue weighted by molar-refractivity contribution is 7.89. The van der Waals surface area contributed by atoms with Crippen molar-refractivity contribution in [1.82, 2.24) is 15.0 Å². The van der Waals surface area contributed by atoms with Crippen molar-refractivity contribution in [3.8, 4) is 0 Å². The number of aliphatic carboxylic acids is 1. The van der Waals surface area contributed by atoms with Crippen LogP contribution in [0.25, 0.3) is 0 Å². The third kappa shape index (κ3) is 6.65. The number of fused-ring (bicyclic) bond motifs is 1. The average Bonchev–Trinajstić information content (AvgIpc) is 2.84. The summed E-state index contributed by atoms with van der Waals surface area (Å²) in [4.78, 5) is 30.8. The van der Waals surface area contributed by atoms with Crippen molar-refractivity contribution in [2.24, 2.45) is 28.4 Å². The van der Waals surface area contributed by atoms with Crippen LogP contribution in [0.5, 0.6) is 0 Å². The maximum absolute atomic E-state index is 13.6. The molecule has 1 fully saturated rings. The molecule has 36 heavy (non-hydrogen) atoms. The lowest BCUT2D eigenvalue weighted by Crippen LogP contribution is -2.56. The van der Waals surface area contributed by atoms with Gasteiger partial charge < -0.3 is 21.1 Å². The van der Waals surface area contributed by atoms with Gasteiger partial charge in [-0.15, -0.1) is 0 Å². The van der Waals surface area contributed by atoms with Crippen LogP contribution in [-0.2, 0) is 26.0 Å². The molecule has 2 aliphatic rings. The van der Waals surface area contributed by atoms with Gasteiger partial charge in [-0.2, -0.15) is 4.72 Å². The van der Waals surface area contributed by atoms with E-state index in [4.69, 9.17) is 11.6 Å². The van der Waals surface area contributed by atoms with Crippen molar-refractivity contribution in [3.63, 3.8) is 0 Å². The number of aliphatic imine (C=N–C) groups is 1. The Morgan fingerprint density at radius 2 is 2.06 bits per heavy atom. The molecule has 4 atom stereocenters. The molecule has 0 saturated carbocycles. The summed E-state index contributed by atoms with van der Waals surface area (Å²) in [6.45, 7) is 5.12. The molecule has 1 saturated heterocycles. The number of benzene rings is 1. The molecule has 13 heteroatoms. The van der Waals surface area contributed by atoms with Crippen LogP contribution in [0.15, 0.2) is 28.1 Å². The van der Waals surface area contributed by atoms with E-state index >= 15 is 0 Å². The van der Waals surface area contributed by atoms with E-state index in [0.717, 1.165) is 12.0 Å². The van der Waals surface area contributed by atoms with Crippen molar-refractivity contribution in [3.05, 3.63) is 23.8 Å². The van der Waals surface area contributed by atoms with Gasteiger partial charge in [0, 0.05) is 19.6 Å². The van der Waals surface area contributed by atoms with E-state index in [1.165, 1.54) is 11.0 Å². The number of carbonyl (C=O) groups excluding carboxylic acids is 1. The topological polar surface area (TPSA) is 192 Å². The molecule has 0 aromatic heterocycles. The van der Waals surface area contributed by atoms with Crippen molar-refractivity contribution >= 4 is 33.5 Å². The number of hydrogen-bond donors (Lipinski definition) is 6. The van der Waals surface area contributed by atoms with Crippen LogP contribution in [0.2, 0.25) is 0 Å². The molecule has 2 aliphatic heterocycles. The average molecular weight is 524 g/mol. The molecule has 1 amide bonds. The number of nitrogens with zero attached hydrogens (tertiary/aromatic N) is 2. The summed E-state index contributed by atoms with van der Waals surface area (Å²) in [6.07, 6.45) is 2.14. The van der Waals surface area contributed by atoms with E-state index in [0.29, 0.717) is 37.4 Å². The normalized spacial score (nSPS) is 23.4. The number of anilines is 1. The number of guanidine groups is 1. The highest BCUT2D eigenvalue weighted by Gasteiger charge is 2.39. The molecular formula is C23H37N7O5S. The third-order valence-corrected chi connectivity index (χ3v) is 8.22. The Bertz CT molecular complexity index is 1090. The second kappa shape index (κ2) is 11.9. The number of carbonyl (C=O) groups is 2. The van der Waals surface area contributed by atoms with Gasteiger partial charge in [-0.1, -0.05) is 26.0 Å². The maximum atomic E-state index is 13.6. The molecule has 8 N–H and O–H groups in total. The van der Waals surface area contributed by atoms with E-state index in [9.17, 15) is 23.1 Å². The fraction of sp³-hybridized carbons (Fsp3) is 0.609. The van der Waals surface area contributed by atoms with Gasteiger partial charge in [0.2, 0.25) is 21.9 Å². The first-order valence-corrected chi connectivity index (χ1v) is 13.7. The standard InChI is InChI=1S/C23H37N7O5S/c1-14-8-10-30(18(12-14)22(32)33)21(31)17(6-4-9-26-23(24)28-25)29-36(34,35)19-7-3-5-16-11-15(2)13-27-20(16)19/h3,5,7,14-15,17-18,27,29H,4,6,8-13,25H2,1-2H3,(H,32,33)(H3,24,26,28)/t14-,15?,17+,18+/m1/s1. The second-order valence-corrected chi connectivity index (χ2v) is 11.4. The van der Waals surface area contributed by atoms with Crippen LogP contribution >= 0.6 is 0 Å². The highest BCUT2D eigenvalue weighted by atomic mass is 32.2. The molecule has 0 aliphatic carbocycles. The van der Waals surface area contributed by atoms with Gasteiger partial charge in [0.05, 0.1) is 5.69 Å². The maximum Gasteiger partial charge on any atom is 0.326 e. The summed E-state index contributed by atoms with van der Waals surface area (Å²) in [6, 6.07) is 2.92. The lowest BCUT2D eigenvalue weighted by atomic mass is 9.91. The fourth-order valence-electron chi connectivity index (χ4n) is 4.76. The van der Waals surface area contributed by atoms with Gasteiger partial charge in [0.25, 0.3) is 0 Å². The fourth-order valence-corrected chi connectivity index (χ4v) is 6.21. The van der Waals surface area contributed by atoms with Crippen LogP contribution in [0, 0.1) is 11.8 Å². The molecule has 12 nitrogen and oxygen atoms in total. The second-order valence-electron chi connectivity index (χ2n) is 9.72. The number of nitrogens with two attached hydrogens (primary N) is 2. The number of rotatable bonds is 9. The van der Waals surface area contributed by atoms with Crippen LogP contribution in [0.3, 0.4) is 0 Å². The molecule has 0 spiro atoms. The predicted molar refractivity (Wildman–Crippen MR) is 136 cm³/mol. The molecule has 1 unspecified atom stereocenters. The Morgan fingerprint density at radius 1 is 1.31 bits per heavy atom. The molecule has 2 heterocycles. The van der Waals surface area contributed by atoms with Crippen molar-refractivity contribution in [1.29, 1.82) is 0 Å². The number of nitrogens with one attached hydrogen (secondary N) is 3. The number of sulfonamides is 1. The first-order valence-electron chi connectivity index (χ1n) is 12.2. The largest absolute Gasteiger partial charge is 0.480 e. The first kappa shape index (κ1) is 27.7. The van der Waals surface area contributed by atoms with E-state index < -0.39 is 34.0 Å². The zero-order chi connectivity index (χ0) is 26.5. The molecular weight excluding hydrogens is 486 g/mol. The van der Waals surface area contributed by atoms with E-state index in [1.54, 1.807) is 6.07 Å². The monoisotopic (exact) mass is 523 g/mol. The van der Waals surface area contributed by atoms with E-state index in [1.807, 2.05) is 13.0 Å². The van der Waals surface area contributed by atoms with Crippen molar-refractivity contribution < 1.29 is 23.1 Å². The van der Waals surface area contributed by atoms with Gasteiger partial charge in [0.1, 0.15) is 17.0 Å². The van der Waals surface area contributed by atoms with Gasteiger partial charge in [0.15, 0.2) is 0 Å². The number of para-hydroxylation sites is 1. The number of carboxylic acid groups (broad SMARTS) is 1. The lowest BCUT2D eigenvalue weighted by Gasteiger charge is -2.38. The van der Waals surface area contributed by atoms with Crippen LogP contribution in [0.1, 0.15) is 45.1 Å². The molecule has 200 valence electrons. The number of hydrazine groups is 1. The van der Waals surface area contributed by atoms with Crippen molar-refractivity contribution in [2.45, 2.75) is 62.9 Å². The van der Waals surface area contributed by atoms with E-state index in [-0.39, 0.29) is 36.3 Å². The van der Waals surface area contributed by atoms with Gasteiger partial charge >= 0.3 is 5.97 Å². The minimum Gasteiger partial charge on any atom is -0.480 e. The third-order valence-electron chi connectivity index (χ3n) is 6.71. The Hall–Kier alpha value is -2.90. The number of carboxylic acids is 1. The summed E-state index contributed by atoms with van der Waals surface area (Å²) in [5.74, 6) is 4.08. The first-order chi connectivity index (χ1) is 17.0. The number of likely N-dealkylation sites (tertiary alicyclic amines) is 1. The zero-order valence-corrected chi connectivity index (χ0v) is 21.6. The molecule has 1 aromatic carbocycles. The molecule has 0 bridgehead atoms. The highest BCUT2D eigenvalue weighted by Crippen LogP contribution is 2.31. The Morgan fingerprint density at radius 3 is 2.75 bits per heavy atom. The summed E-state index contributed by atoms with van der Waals surface area (Å²) < 4.78 is 29.6. The Labute approximate surface area is 211 Å². The number of hydrogen-bond acceptors (Lipinski definition) is 7. The minimum absolute atomic E-state index is 0.0191. The molecule has 1 aromatic rings. The molecule has 0 radical (unpaired) electrons. The van der Waals surface area contributed by atoms with Gasteiger partial charge in [-0.3, -0.25) is 15.2 Å². The minimum atomic E-state index is -4.11. The Kier molecular flexibility index (Phi) is 9.14. The van der Waals surface area contributed by atoms with Crippen LogP contribution in [-0.4, -0.2) is 68.0 Å². The van der Waals surface area contributed by atoms with Crippen LogP contribution in [0.4, 0.5) is 5.69 Å². The van der Waals surface area contributed by atoms with Gasteiger partial charge in [-0.05, 0) is 55.6 Å². The smallest absolute Gasteiger partial charge is 0.326 e. The zero-order valence-electron chi connectivity index (χ0n) is 20.7. The quantitative estimate of drug-likeness (QED) is 0.0862. The predicted octanol–water partition coefficient (Wildman–Crippen LogP) is 0.208. The summed E-state index contributed by atoms with van der Waals surface area (Å²) in [7, 11) is -4.11. The summed E-state index contributed by atoms with van der Waals surface area (Å²) in [5.41, 5.74) is 9.18.